The van der Waals surface area contributed by atoms with E-state index in [1.807, 2.05) is 0 Å². The Morgan fingerprint density at radius 3 is 2.89 bits per heavy atom. The van der Waals surface area contributed by atoms with E-state index in [0.29, 0.717) is 17.3 Å². The topological polar surface area (TPSA) is 81.8 Å². The van der Waals surface area contributed by atoms with E-state index in [0.717, 1.165) is 0 Å². The Kier molecular flexibility index (Phi) is 3.47. The predicted molar refractivity (Wildman–Crippen MR) is 60.8 cm³/mol. The number of hydrogen-bond donors (Lipinski definition) is 1. The van der Waals surface area contributed by atoms with E-state index in [2.05, 4.69) is 4.98 Å². The van der Waals surface area contributed by atoms with Crippen LogP contribution in [0.4, 0.5) is 0 Å². The Balaban J connectivity index is 1.99. The lowest BCUT2D eigenvalue weighted by Gasteiger charge is -2.05. The minimum Gasteiger partial charge on any atom is -0.497 e. The molecule has 0 unspecified atom stereocenters. The molecule has 1 aromatic carbocycles. The predicted octanol–water partition coefficient (Wildman–Crippen LogP) is 1.96. The van der Waals surface area contributed by atoms with Crippen LogP contribution in [0.2, 0.25) is 0 Å². The van der Waals surface area contributed by atoms with Crippen molar-refractivity contribution in [2.24, 2.45) is 0 Å². The summed E-state index contributed by atoms with van der Waals surface area (Å²) in [6.45, 7) is 0.105. The van der Waals surface area contributed by atoms with Crippen LogP contribution in [0.15, 0.2) is 34.9 Å². The molecular weight excluding hydrogens is 238 g/mol. The summed E-state index contributed by atoms with van der Waals surface area (Å²) in [5.41, 5.74) is 0. The molecule has 6 heteroatoms. The summed E-state index contributed by atoms with van der Waals surface area (Å²) in [5, 5.41) is 8.64. The SMILES string of the molecule is COc1cccc(OCc2cnc(C(=O)O)o2)c1. The number of ether oxygens (including phenoxy) is 2. The molecule has 0 bridgehead atoms. The molecule has 0 aliphatic rings. The van der Waals surface area contributed by atoms with Gasteiger partial charge in [-0.2, -0.15) is 0 Å². The molecule has 2 aromatic rings. The highest BCUT2D eigenvalue weighted by atomic mass is 16.5. The van der Waals surface area contributed by atoms with Crippen LogP contribution in [-0.2, 0) is 6.61 Å². The summed E-state index contributed by atoms with van der Waals surface area (Å²) >= 11 is 0. The van der Waals surface area contributed by atoms with Gasteiger partial charge in [0.05, 0.1) is 13.3 Å². The average molecular weight is 249 g/mol. The zero-order valence-corrected chi connectivity index (χ0v) is 9.62. The number of hydrogen-bond acceptors (Lipinski definition) is 5. The van der Waals surface area contributed by atoms with E-state index in [9.17, 15) is 4.79 Å². The van der Waals surface area contributed by atoms with E-state index < -0.39 is 5.97 Å². The lowest BCUT2D eigenvalue weighted by molar-refractivity contribution is 0.0649. The van der Waals surface area contributed by atoms with E-state index in [1.54, 1.807) is 31.4 Å². The van der Waals surface area contributed by atoms with Crippen molar-refractivity contribution in [2.75, 3.05) is 7.11 Å². The molecule has 1 N–H and O–H groups in total. The first-order valence-corrected chi connectivity index (χ1v) is 5.14. The van der Waals surface area contributed by atoms with Gasteiger partial charge in [-0.05, 0) is 12.1 Å². The van der Waals surface area contributed by atoms with Crippen LogP contribution in [0.25, 0.3) is 0 Å². The Hall–Kier alpha value is -2.50. The van der Waals surface area contributed by atoms with Gasteiger partial charge < -0.3 is 19.0 Å². The number of aromatic carboxylic acids is 1. The van der Waals surface area contributed by atoms with Gasteiger partial charge in [0.15, 0.2) is 5.76 Å². The zero-order valence-electron chi connectivity index (χ0n) is 9.62. The Morgan fingerprint density at radius 1 is 1.44 bits per heavy atom. The summed E-state index contributed by atoms with van der Waals surface area (Å²) in [4.78, 5) is 14.1. The molecule has 1 aromatic heterocycles. The van der Waals surface area contributed by atoms with E-state index in [-0.39, 0.29) is 12.5 Å². The van der Waals surface area contributed by atoms with Crippen LogP contribution >= 0.6 is 0 Å². The fraction of sp³-hybridized carbons (Fsp3) is 0.167. The Labute approximate surface area is 103 Å². The standard InChI is InChI=1S/C12H11NO5/c1-16-8-3-2-4-9(5-8)17-7-10-6-13-11(18-10)12(14)15/h2-6H,7H2,1H3,(H,14,15). The molecule has 0 amide bonds. The van der Waals surface area contributed by atoms with Gasteiger partial charge in [-0.25, -0.2) is 9.78 Å². The molecule has 94 valence electrons. The van der Waals surface area contributed by atoms with Crippen LogP contribution in [0.5, 0.6) is 11.5 Å². The van der Waals surface area contributed by atoms with Gasteiger partial charge in [0, 0.05) is 6.07 Å². The minimum absolute atomic E-state index is 0.105. The van der Waals surface area contributed by atoms with Crippen molar-refractivity contribution in [3.05, 3.63) is 42.1 Å². The van der Waals surface area contributed by atoms with Crippen molar-refractivity contribution < 1.29 is 23.8 Å². The van der Waals surface area contributed by atoms with Crippen LogP contribution < -0.4 is 9.47 Å². The summed E-state index contributed by atoms with van der Waals surface area (Å²) in [6.07, 6.45) is 1.32. The largest absolute Gasteiger partial charge is 0.497 e. The minimum atomic E-state index is -1.21. The fourth-order valence-corrected chi connectivity index (χ4v) is 1.32. The highest BCUT2D eigenvalue weighted by molar-refractivity contribution is 5.81. The van der Waals surface area contributed by atoms with E-state index in [1.165, 1.54) is 6.20 Å². The average Bonchev–Trinajstić information content (AvgIpc) is 2.85. The van der Waals surface area contributed by atoms with Crippen molar-refractivity contribution in [2.45, 2.75) is 6.61 Å². The van der Waals surface area contributed by atoms with Gasteiger partial charge >= 0.3 is 11.9 Å². The number of rotatable bonds is 5. The molecule has 0 aliphatic heterocycles. The van der Waals surface area contributed by atoms with Crippen molar-refractivity contribution in [1.29, 1.82) is 0 Å². The third-order valence-electron chi connectivity index (χ3n) is 2.16. The van der Waals surface area contributed by atoms with Gasteiger partial charge in [-0.15, -0.1) is 0 Å². The van der Waals surface area contributed by atoms with Crippen LogP contribution in [0.3, 0.4) is 0 Å². The van der Waals surface area contributed by atoms with Gasteiger partial charge in [0.2, 0.25) is 0 Å². The molecule has 0 radical (unpaired) electrons. The fourth-order valence-electron chi connectivity index (χ4n) is 1.32. The maximum atomic E-state index is 10.6. The van der Waals surface area contributed by atoms with E-state index >= 15 is 0 Å². The van der Waals surface area contributed by atoms with Crippen molar-refractivity contribution in [3.63, 3.8) is 0 Å². The smallest absolute Gasteiger partial charge is 0.392 e. The molecule has 18 heavy (non-hydrogen) atoms. The van der Waals surface area contributed by atoms with Gasteiger partial charge in [-0.1, -0.05) is 6.07 Å². The zero-order chi connectivity index (χ0) is 13.0. The summed E-state index contributed by atoms with van der Waals surface area (Å²) in [5.74, 6) is 0.0658. The van der Waals surface area contributed by atoms with Crippen LogP contribution in [0.1, 0.15) is 16.4 Å². The van der Waals surface area contributed by atoms with Crippen LogP contribution in [-0.4, -0.2) is 23.2 Å². The maximum absolute atomic E-state index is 10.6. The molecule has 0 atom stereocenters. The quantitative estimate of drug-likeness (QED) is 0.872. The number of carboxylic acids is 1. The summed E-state index contributed by atoms with van der Waals surface area (Å²) in [6, 6.07) is 7.06. The van der Waals surface area contributed by atoms with Gasteiger partial charge in [-0.3, -0.25) is 0 Å². The number of methoxy groups -OCH3 is 1. The van der Waals surface area contributed by atoms with Crippen molar-refractivity contribution in [3.8, 4) is 11.5 Å². The Morgan fingerprint density at radius 2 is 2.22 bits per heavy atom. The Bertz CT molecular complexity index is 549. The molecule has 6 nitrogen and oxygen atoms in total. The molecule has 1 heterocycles. The number of benzene rings is 1. The molecule has 0 saturated carbocycles. The monoisotopic (exact) mass is 249 g/mol. The molecule has 0 aliphatic carbocycles. The first-order valence-electron chi connectivity index (χ1n) is 5.14. The number of carboxylic acid groups (broad SMARTS) is 1. The third kappa shape index (κ3) is 2.79. The van der Waals surface area contributed by atoms with Crippen molar-refractivity contribution >= 4 is 5.97 Å². The second-order valence-corrected chi connectivity index (χ2v) is 3.40. The molecule has 0 spiro atoms. The highest BCUT2D eigenvalue weighted by Crippen LogP contribution is 2.20. The normalized spacial score (nSPS) is 10.1. The lowest BCUT2D eigenvalue weighted by Crippen LogP contribution is -1.96. The molecular formula is C12H11NO5. The third-order valence-corrected chi connectivity index (χ3v) is 2.16. The van der Waals surface area contributed by atoms with Gasteiger partial charge in [0.25, 0.3) is 0 Å². The van der Waals surface area contributed by atoms with Crippen molar-refractivity contribution in [1.82, 2.24) is 4.98 Å². The highest BCUT2D eigenvalue weighted by Gasteiger charge is 2.11. The van der Waals surface area contributed by atoms with Gasteiger partial charge in [0.1, 0.15) is 18.1 Å². The molecule has 2 rings (SSSR count). The number of carbonyl (C=O) groups is 1. The first kappa shape index (κ1) is 12.0. The maximum Gasteiger partial charge on any atom is 0.392 e. The second kappa shape index (κ2) is 5.22. The number of oxazole rings is 1. The van der Waals surface area contributed by atoms with E-state index in [4.69, 9.17) is 19.0 Å². The first-order chi connectivity index (χ1) is 8.69. The summed E-state index contributed by atoms with van der Waals surface area (Å²) < 4.78 is 15.4. The molecule has 0 saturated heterocycles. The lowest BCUT2D eigenvalue weighted by atomic mass is 10.3. The second-order valence-electron chi connectivity index (χ2n) is 3.40. The van der Waals surface area contributed by atoms with Crippen LogP contribution in [0, 0.1) is 0 Å². The number of nitrogens with zero attached hydrogens (tertiary/aromatic N) is 1. The molecule has 0 fully saturated rings. The summed E-state index contributed by atoms with van der Waals surface area (Å²) in [7, 11) is 1.56. The number of aromatic nitrogens is 1.